The third kappa shape index (κ3) is 5.44. The number of H-pyrrole nitrogens is 1. The molecule has 0 saturated heterocycles. The van der Waals surface area contributed by atoms with Crippen LogP contribution in [0.4, 0.5) is 0 Å². The lowest BCUT2D eigenvalue weighted by molar-refractivity contribution is -0.121. The first-order valence-electron chi connectivity index (χ1n) is 6.79. The van der Waals surface area contributed by atoms with Crippen molar-refractivity contribution < 1.29 is 4.79 Å². The number of aromatic nitrogens is 2. The second-order valence-corrected chi connectivity index (χ2v) is 6.31. The van der Waals surface area contributed by atoms with Gasteiger partial charge in [0, 0.05) is 34.1 Å². The van der Waals surface area contributed by atoms with E-state index in [2.05, 4.69) is 15.5 Å². The summed E-state index contributed by atoms with van der Waals surface area (Å²) in [6.07, 6.45) is 3.13. The number of aryl methyl sites for hydroxylation is 1. The van der Waals surface area contributed by atoms with Crippen molar-refractivity contribution in [2.24, 2.45) is 0 Å². The van der Waals surface area contributed by atoms with Crippen LogP contribution in [0.25, 0.3) is 0 Å². The molecule has 0 aliphatic heterocycles. The van der Waals surface area contributed by atoms with Gasteiger partial charge in [0.05, 0.1) is 6.20 Å². The highest BCUT2D eigenvalue weighted by Crippen LogP contribution is 2.21. The van der Waals surface area contributed by atoms with E-state index in [1.165, 1.54) is 4.90 Å². The first-order chi connectivity index (χ1) is 10.1. The zero-order valence-corrected chi connectivity index (χ0v) is 13.4. The number of benzene rings is 1. The summed E-state index contributed by atoms with van der Waals surface area (Å²) in [6.45, 7) is 2.47. The first-order valence-corrected chi connectivity index (χ1v) is 8.15. The predicted octanol–water partition coefficient (Wildman–Crippen LogP) is 3.56. The van der Waals surface area contributed by atoms with E-state index in [9.17, 15) is 4.79 Å². The number of amides is 1. The van der Waals surface area contributed by atoms with Gasteiger partial charge in [0.2, 0.25) is 5.91 Å². The molecular formula is C15H18ClN3OS. The summed E-state index contributed by atoms with van der Waals surface area (Å²) in [5.74, 6) is 0.993. The lowest BCUT2D eigenvalue weighted by atomic mass is 10.2. The molecule has 6 heteroatoms. The van der Waals surface area contributed by atoms with Crippen molar-refractivity contribution in [3.8, 4) is 0 Å². The third-order valence-corrected chi connectivity index (χ3v) is 4.39. The Morgan fingerprint density at radius 1 is 1.38 bits per heavy atom. The molecule has 0 spiro atoms. The van der Waals surface area contributed by atoms with Gasteiger partial charge < -0.3 is 5.32 Å². The highest BCUT2D eigenvalue weighted by molar-refractivity contribution is 7.99. The molecule has 0 radical (unpaired) electrons. The van der Waals surface area contributed by atoms with Gasteiger partial charge >= 0.3 is 0 Å². The molecule has 112 valence electrons. The van der Waals surface area contributed by atoms with E-state index in [-0.39, 0.29) is 5.91 Å². The van der Waals surface area contributed by atoms with E-state index in [4.69, 9.17) is 11.6 Å². The Hall–Kier alpha value is -1.46. The van der Waals surface area contributed by atoms with Crippen LogP contribution in [0.3, 0.4) is 0 Å². The molecular weight excluding hydrogens is 306 g/mol. The maximum absolute atomic E-state index is 11.7. The van der Waals surface area contributed by atoms with Gasteiger partial charge in [0.1, 0.15) is 0 Å². The van der Waals surface area contributed by atoms with Crippen molar-refractivity contribution in [1.29, 1.82) is 0 Å². The van der Waals surface area contributed by atoms with Crippen LogP contribution in [0, 0.1) is 6.92 Å². The molecule has 2 N–H and O–H groups in total. The molecule has 0 aliphatic carbocycles. The largest absolute Gasteiger partial charge is 0.352 e. The molecule has 2 aromatic rings. The smallest absolute Gasteiger partial charge is 0.220 e. The van der Waals surface area contributed by atoms with Crippen LogP contribution in [0.2, 0.25) is 5.02 Å². The van der Waals surface area contributed by atoms with Crippen molar-refractivity contribution in [3.63, 3.8) is 0 Å². The van der Waals surface area contributed by atoms with Crippen molar-refractivity contribution in [3.05, 3.63) is 46.7 Å². The first kappa shape index (κ1) is 15.9. The number of rotatable bonds is 7. The molecule has 4 nitrogen and oxygen atoms in total. The Morgan fingerprint density at radius 3 is 2.81 bits per heavy atom. The molecule has 0 aliphatic rings. The minimum atomic E-state index is 0.0762. The molecule has 2 rings (SSSR count). The van der Waals surface area contributed by atoms with E-state index in [1.807, 2.05) is 31.2 Å². The maximum atomic E-state index is 11.7. The molecule has 1 aromatic carbocycles. The Balaban J connectivity index is 1.61. The standard InChI is InChI=1S/C15H18ClN3OS/c1-11-12(10-18-19-11)9-17-15(20)3-2-8-21-14-6-4-13(16)5-7-14/h4-7,10H,2-3,8-9H2,1H3,(H,17,20)(H,18,19). The van der Waals surface area contributed by atoms with E-state index < -0.39 is 0 Å². The van der Waals surface area contributed by atoms with Crippen molar-refractivity contribution >= 4 is 29.3 Å². The fourth-order valence-corrected chi connectivity index (χ4v) is 2.77. The van der Waals surface area contributed by atoms with Crippen LogP contribution >= 0.6 is 23.4 Å². The van der Waals surface area contributed by atoms with Crippen molar-refractivity contribution in [2.45, 2.75) is 31.2 Å². The molecule has 1 amide bonds. The summed E-state index contributed by atoms with van der Waals surface area (Å²) in [5.41, 5.74) is 2.02. The Labute approximate surface area is 133 Å². The molecule has 21 heavy (non-hydrogen) atoms. The lowest BCUT2D eigenvalue weighted by Gasteiger charge is -2.05. The van der Waals surface area contributed by atoms with Gasteiger partial charge in [0.15, 0.2) is 0 Å². The van der Waals surface area contributed by atoms with E-state index in [0.29, 0.717) is 13.0 Å². The average Bonchev–Trinajstić information content (AvgIpc) is 2.89. The van der Waals surface area contributed by atoms with Gasteiger partial charge in [-0.15, -0.1) is 11.8 Å². The molecule has 0 bridgehead atoms. The zero-order valence-electron chi connectivity index (χ0n) is 11.9. The number of nitrogens with one attached hydrogen (secondary N) is 2. The van der Waals surface area contributed by atoms with E-state index >= 15 is 0 Å². The Bertz CT molecular complexity index is 583. The van der Waals surface area contributed by atoms with Crippen LogP contribution in [0.5, 0.6) is 0 Å². The Morgan fingerprint density at radius 2 is 2.14 bits per heavy atom. The van der Waals surface area contributed by atoms with E-state index in [0.717, 1.165) is 28.5 Å². The van der Waals surface area contributed by atoms with Crippen LogP contribution < -0.4 is 5.32 Å². The van der Waals surface area contributed by atoms with Crippen LogP contribution in [0.15, 0.2) is 35.4 Å². The summed E-state index contributed by atoms with van der Waals surface area (Å²) < 4.78 is 0. The number of thioether (sulfide) groups is 1. The van der Waals surface area contributed by atoms with Crippen LogP contribution in [0.1, 0.15) is 24.1 Å². The molecule has 0 unspecified atom stereocenters. The fraction of sp³-hybridized carbons (Fsp3) is 0.333. The monoisotopic (exact) mass is 323 g/mol. The number of halogens is 1. The van der Waals surface area contributed by atoms with Gasteiger partial charge in [-0.2, -0.15) is 5.10 Å². The summed E-state index contributed by atoms with van der Waals surface area (Å²) in [6, 6.07) is 7.75. The number of nitrogens with zero attached hydrogens (tertiary/aromatic N) is 1. The quantitative estimate of drug-likeness (QED) is 0.605. The van der Waals surface area contributed by atoms with Gasteiger partial charge in [0.25, 0.3) is 0 Å². The predicted molar refractivity (Wildman–Crippen MR) is 86.6 cm³/mol. The maximum Gasteiger partial charge on any atom is 0.220 e. The minimum absolute atomic E-state index is 0.0762. The van der Waals surface area contributed by atoms with Crippen molar-refractivity contribution in [1.82, 2.24) is 15.5 Å². The van der Waals surface area contributed by atoms with Crippen LogP contribution in [-0.4, -0.2) is 21.9 Å². The van der Waals surface area contributed by atoms with Gasteiger partial charge in [-0.05, 0) is 43.4 Å². The highest BCUT2D eigenvalue weighted by atomic mass is 35.5. The Kier molecular flexibility index (Phi) is 6.14. The summed E-state index contributed by atoms with van der Waals surface area (Å²) in [5, 5.41) is 10.4. The second kappa shape index (κ2) is 8.10. The normalized spacial score (nSPS) is 10.6. The number of aromatic amines is 1. The van der Waals surface area contributed by atoms with E-state index in [1.54, 1.807) is 18.0 Å². The SMILES string of the molecule is Cc1[nH]ncc1CNC(=O)CCCSc1ccc(Cl)cc1. The highest BCUT2D eigenvalue weighted by Gasteiger charge is 2.04. The van der Waals surface area contributed by atoms with Gasteiger partial charge in [-0.25, -0.2) is 0 Å². The number of hydrogen-bond donors (Lipinski definition) is 2. The van der Waals surface area contributed by atoms with Gasteiger partial charge in [-0.3, -0.25) is 9.89 Å². The topological polar surface area (TPSA) is 57.8 Å². The molecule has 0 atom stereocenters. The molecule has 0 fully saturated rings. The van der Waals surface area contributed by atoms with Crippen molar-refractivity contribution in [2.75, 3.05) is 5.75 Å². The number of carbonyl (C=O) groups is 1. The summed E-state index contributed by atoms with van der Waals surface area (Å²) in [7, 11) is 0. The second-order valence-electron chi connectivity index (χ2n) is 4.70. The molecule has 1 heterocycles. The number of carbonyl (C=O) groups excluding carboxylic acids is 1. The third-order valence-electron chi connectivity index (χ3n) is 3.04. The minimum Gasteiger partial charge on any atom is -0.352 e. The summed E-state index contributed by atoms with van der Waals surface area (Å²) in [4.78, 5) is 12.9. The molecule has 1 aromatic heterocycles. The van der Waals surface area contributed by atoms with Crippen LogP contribution in [-0.2, 0) is 11.3 Å². The molecule has 0 saturated carbocycles. The fourth-order valence-electron chi connectivity index (χ4n) is 1.79. The zero-order chi connectivity index (χ0) is 15.1. The average molecular weight is 324 g/mol. The number of hydrogen-bond acceptors (Lipinski definition) is 3. The van der Waals surface area contributed by atoms with Gasteiger partial charge in [-0.1, -0.05) is 11.6 Å². The lowest BCUT2D eigenvalue weighted by Crippen LogP contribution is -2.22. The summed E-state index contributed by atoms with van der Waals surface area (Å²) >= 11 is 7.57.